The molecule has 1 aromatic heterocycles. The SMILES string of the molecule is O=S(=O)(c1ccccc1F)N1CCC2(COCc3cnc(NC4CC4)nc32)C1. The maximum atomic E-state index is 14.1. The van der Waals surface area contributed by atoms with E-state index in [1.165, 1.54) is 28.6 Å². The van der Waals surface area contributed by atoms with E-state index >= 15 is 0 Å². The molecule has 0 amide bonds. The molecule has 1 aromatic carbocycles. The molecular formula is C19H21FN4O3S. The van der Waals surface area contributed by atoms with Gasteiger partial charge >= 0.3 is 0 Å². The molecule has 5 rings (SSSR count). The fraction of sp³-hybridized carbons (Fsp3) is 0.474. The van der Waals surface area contributed by atoms with Gasteiger partial charge in [-0.2, -0.15) is 4.31 Å². The highest BCUT2D eigenvalue weighted by molar-refractivity contribution is 7.89. The van der Waals surface area contributed by atoms with E-state index in [9.17, 15) is 12.8 Å². The molecule has 0 radical (unpaired) electrons. The number of rotatable bonds is 4. The number of halogens is 1. The third-order valence-corrected chi connectivity index (χ3v) is 7.57. The van der Waals surface area contributed by atoms with Crippen molar-refractivity contribution in [3.63, 3.8) is 0 Å². The first-order valence-corrected chi connectivity index (χ1v) is 10.9. The van der Waals surface area contributed by atoms with Gasteiger partial charge in [-0.25, -0.2) is 22.8 Å². The van der Waals surface area contributed by atoms with Gasteiger partial charge in [0, 0.05) is 30.9 Å². The van der Waals surface area contributed by atoms with E-state index in [1.807, 2.05) is 0 Å². The number of hydrogen-bond donors (Lipinski definition) is 1. The van der Waals surface area contributed by atoms with Crippen molar-refractivity contribution in [2.45, 2.75) is 42.2 Å². The Morgan fingerprint density at radius 2 is 2.11 bits per heavy atom. The quantitative estimate of drug-likeness (QED) is 0.840. The van der Waals surface area contributed by atoms with Gasteiger partial charge in [0.15, 0.2) is 0 Å². The summed E-state index contributed by atoms with van der Waals surface area (Å²) in [7, 11) is -3.92. The lowest BCUT2D eigenvalue weighted by molar-refractivity contribution is 0.0532. The Morgan fingerprint density at radius 1 is 1.29 bits per heavy atom. The van der Waals surface area contributed by atoms with Gasteiger partial charge in [0.25, 0.3) is 0 Å². The molecule has 9 heteroatoms. The van der Waals surface area contributed by atoms with Crippen LogP contribution < -0.4 is 5.32 Å². The Bertz CT molecular complexity index is 1030. The summed E-state index contributed by atoms with van der Waals surface area (Å²) in [5.41, 5.74) is 1.20. The minimum Gasteiger partial charge on any atom is -0.376 e. The van der Waals surface area contributed by atoms with Crippen molar-refractivity contribution in [3.8, 4) is 0 Å². The van der Waals surface area contributed by atoms with Crippen molar-refractivity contribution in [3.05, 3.63) is 47.5 Å². The highest BCUT2D eigenvalue weighted by Gasteiger charge is 2.48. The fourth-order valence-electron chi connectivity index (χ4n) is 4.02. The third-order valence-electron chi connectivity index (χ3n) is 5.69. The number of ether oxygens (including phenoxy) is 1. The lowest BCUT2D eigenvalue weighted by Gasteiger charge is -2.34. The normalized spacial score (nSPS) is 25.0. The topological polar surface area (TPSA) is 84.4 Å². The second kappa shape index (κ2) is 6.47. The van der Waals surface area contributed by atoms with Crippen molar-refractivity contribution < 1.29 is 17.5 Å². The van der Waals surface area contributed by atoms with Crippen LogP contribution in [0.1, 0.15) is 30.5 Å². The summed E-state index contributed by atoms with van der Waals surface area (Å²) >= 11 is 0. The maximum Gasteiger partial charge on any atom is 0.246 e. The number of hydrogen-bond acceptors (Lipinski definition) is 6. The van der Waals surface area contributed by atoms with Gasteiger partial charge < -0.3 is 10.1 Å². The summed E-state index contributed by atoms with van der Waals surface area (Å²) in [6, 6.07) is 5.91. The number of sulfonamides is 1. The van der Waals surface area contributed by atoms with Gasteiger partial charge in [-0.1, -0.05) is 12.1 Å². The second-order valence-electron chi connectivity index (χ2n) is 7.78. The predicted molar refractivity (Wildman–Crippen MR) is 99.8 cm³/mol. The van der Waals surface area contributed by atoms with Crippen LogP contribution in [0, 0.1) is 5.82 Å². The Labute approximate surface area is 163 Å². The molecule has 3 aliphatic rings. The lowest BCUT2D eigenvalue weighted by Crippen LogP contribution is -2.42. The van der Waals surface area contributed by atoms with E-state index in [0.717, 1.165) is 24.1 Å². The van der Waals surface area contributed by atoms with Gasteiger partial charge in [0.05, 0.1) is 24.3 Å². The largest absolute Gasteiger partial charge is 0.376 e. The van der Waals surface area contributed by atoms with E-state index in [0.29, 0.717) is 38.2 Å². The van der Waals surface area contributed by atoms with Gasteiger partial charge in [-0.05, 0) is 31.4 Å². The molecule has 1 saturated carbocycles. The molecule has 7 nitrogen and oxygen atoms in total. The number of anilines is 1. The highest BCUT2D eigenvalue weighted by Crippen LogP contribution is 2.41. The number of aromatic nitrogens is 2. The molecule has 1 unspecified atom stereocenters. The summed E-state index contributed by atoms with van der Waals surface area (Å²) in [5, 5.41) is 3.30. The zero-order valence-corrected chi connectivity index (χ0v) is 16.1. The molecule has 2 aromatic rings. The summed E-state index contributed by atoms with van der Waals surface area (Å²) in [5.74, 6) is -0.153. The average Bonchev–Trinajstić information content (AvgIpc) is 3.39. The number of nitrogens with zero attached hydrogens (tertiary/aromatic N) is 3. The van der Waals surface area contributed by atoms with Gasteiger partial charge in [-0.15, -0.1) is 0 Å². The fourth-order valence-corrected chi connectivity index (χ4v) is 5.61. The van der Waals surface area contributed by atoms with Crippen LogP contribution >= 0.6 is 0 Å². The van der Waals surface area contributed by atoms with E-state index in [-0.39, 0.29) is 11.4 Å². The van der Waals surface area contributed by atoms with Crippen LogP contribution in [0.4, 0.5) is 10.3 Å². The zero-order valence-electron chi connectivity index (χ0n) is 15.3. The first kappa shape index (κ1) is 18.0. The predicted octanol–water partition coefficient (Wildman–Crippen LogP) is 2.05. The smallest absolute Gasteiger partial charge is 0.246 e. The van der Waals surface area contributed by atoms with Crippen LogP contribution in [0.5, 0.6) is 0 Å². The van der Waals surface area contributed by atoms with Crippen molar-refractivity contribution in [2.75, 3.05) is 25.0 Å². The molecule has 148 valence electrons. The van der Waals surface area contributed by atoms with Crippen molar-refractivity contribution in [1.29, 1.82) is 0 Å². The Kier molecular flexibility index (Phi) is 4.15. The first-order valence-electron chi connectivity index (χ1n) is 9.43. The van der Waals surface area contributed by atoms with Crippen LogP contribution in [-0.4, -0.2) is 48.4 Å². The van der Waals surface area contributed by atoms with E-state index < -0.39 is 21.3 Å². The lowest BCUT2D eigenvalue weighted by atomic mass is 9.81. The Morgan fingerprint density at radius 3 is 2.89 bits per heavy atom. The molecule has 0 bridgehead atoms. The van der Waals surface area contributed by atoms with Crippen molar-refractivity contribution in [2.24, 2.45) is 0 Å². The Balaban J connectivity index is 1.47. The monoisotopic (exact) mass is 404 g/mol. The van der Waals surface area contributed by atoms with Gasteiger partial charge in [0.1, 0.15) is 10.7 Å². The number of fused-ring (bicyclic) bond motifs is 2. The van der Waals surface area contributed by atoms with Crippen LogP contribution in [0.25, 0.3) is 0 Å². The first-order chi connectivity index (χ1) is 13.5. The minimum absolute atomic E-state index is 0.219. The van der Waals surface area contributed by atoms with E-state index in [2.05, 4.69) is 10.3 Å². The zero-order chi connectivity index (χ0) is 19.4. The summed E-state index contributed by atoms with van der Waals surface area (Å²) in [6.07, 6.45) is 4.57. The molecule has 3 heterocycles. The summed E-state index contributed by atoms with van der Waals surface area (Å²) < 4.78 is 47.3. The number of nitrogens with one attached hydrogen (secondary N) is 1. The van der Waals surface area contributed by atoms with E-state index in [4.69, 9.17) is 9.72 Å². The van der Waals surface area contributed by atoms with Crippen LogP contribution in [-0.2, 0) is 26.8 Å². The van der Waals surface area contributed by atoms with Crippen LogP contribution in [0.15, 0.2) is 35.4 Å². The minimum atomic E-state index is -3.92. The molecule has 28 heavy (non-hydrogen) atoms. The third kappa shape index (κ3) is 2.98. The Hall–Kier alpha value is -2.10. The van der Waals surface area contributed by atoms with Crippen molar-refractivity contribution >= 4 is 16.0 Å². The summed E-state index contributed by atoms with van der Waals surface area (Å²) in [6.45, 7) is 1.33. The second-order valence-corrected chi connectivity index (χ2v) is 9.68. The number of benzene rings is 1. The van der Waals surface area contributed by atoms with Gasteiger partial charge in [0.2, 0.25) is 16.0 Å². The van der Waals surface area contributed by atoms with Gasteiger partial charge in [-0.3, -0.25) is 0 Å². The standard InChI is InChI=1S/C19H21FN4O3S/c20-15-3-1-2-4-16(15)28(25,26)24-8-7-19(11-24)12-27-10-13-9-21-18(23-17(13)19)22-14-5-6-14/h1-4,9,14H,5-8,10-12H2,(H,21,22,23). The highest BCUT2D eigenvalue weighted by atomic mass is 32.2. The molecule has 2 fully saturated rings. The van der Waals surface area contributed by atoms with Crippen LogP contribution in [0.3, 0.4) is 0 Å². The van der Waals surface area contributed by atoms with Crippen molar-refractivity contribution in [1.82, 2.24) is 14.3 Å². The molecule has 1 N–H and O–H groups in total. The summed E-state index contributed by atoms with van der Waals surface area (Å²) in [4.78, 5) is 8.82. The molecule has 1 saturated heterocycles. The molecule has 1 aliphatic carbocycles. The molecule has 2 aliphatic heterocycles. The molecule has 1 spiro atoms. The molecular weight excluding hydrogens is 383 g/mol. The van der Waals surface area contributed by atoms with E-state index in [1.54, 1.807) is 6.20 Å². The maximum absolute atomic E-state index is 14.1. The van der Waals surface area contributed by atoms with Crippen LogP contribution in [0.2, 0.25) is 0 Å². The molecule has 1 atom stereocenters. The average molecular weight is 404 g/mol.